The molecule has 1 N–H and O–H groups in total. The molecule has 0 aliphatic carbocycles. The standard InChI is InChI=1S/C14H7Br2FN2O2/c15-9-3-1-8(6-12(9)20)14-18-13(19-21-14)7-2-4-11(17)10(16)5-7/h1-6,20H. The van der Waals surface area contributed by atoms with Crippen LogP contribution in [0.15, 0.2) is 49.9 Å². The summed E-state index contributed by atoms with van der Waals surface area (Å²) in [7, 11) is 0. The molecule has 7 heteroatoms. The van der Waals surface area contributed by atoms with Crippen molar-refractivity contribution in [2.24, 2.45) is 0 Å². The van der Waals surface area contributed by atoms with Crippen molar-refractivity contribution in [3.63, 3.8) is 0 Å². The number of phenolic OH excluding ortho intramolecular Hbond substituents is 1. The van der Waals surface area contributed by atoms with Crippen LogP contribution in [0, 0.1) is 5.82 Å². The summed E-state index contributed by atoms with van der Waals surface area (Å²) in [4.78, 5) is 4.24. The molecule has 0 saturated carbocycles. The number of hydrogen-bond donors (Lipinski definition) is 1. The molecule has 0 atom stereocenters. The van der Waals surface area contributed by atoms with Crippen molar-refractivity contribution >= 4 is 31.9 Å². The van der Waals surface area contributed by atoms with Crippen LogP contribution in [0.1, 0.15) is 0 Å². The second-order valence-corrected chi connectivity index (χ2v) is 5.93. The molecule has 0 unspecified atom stereocenters. The molecule has 2 aromatic carbocycles. The topological polar surface area (TPSA) is 59.2 Å². The average Bonchev–Trinajstić information content (AvgIpc) is 2.94. The van der Waals surface area contributed by atoms with E-state index in [2.05, 4.69) is 42.0 Å². The molecule has 0 spiro atoms. The molecule has 0 radical (unpaired) electrons. The third kappa shape index (κ3) is 2.84. The first-order valence-corrected chi connectivity index (χ1v) is 7.41. The summed E-state index contributed by atoms with van der Waals surface area (Å²) in [5.74, 6) is 0.332. The number of rotatable bonds is 2. The van der Waals surface area contributed by atoms with Crippen LogP contribution >= 0.6 is 31.9 Å². The molecule has 0 aliphatic rings. The van der Waals surface area contributed by atoms with Crippen molar-refractivity contribution < 1.29 is 14.0 Å². The van der Waals surface area contributed by atoms with Gasteiger partial charge in [0.05, 0.1) is 8.95 Å². The molecular formula is C14H7Br2FN2O2. The Morgan fingerprint density at radius 3 is 2.48 bits per heavy atom. The van der Waals surface area contributed by atoms with E-state index >= 15 is 0 Å². The fourth-order valence-electron chi connectivity index (χ4n) is 1.74. The third-order valence-corrected chi connectivity index (χ3v) is 4.08. The van der Waals surface area contributed by atoms with Crippen LogP contribution < -0.4 is 0 Å². The second-order valence-electron chi connectivity index (χ2n) is 4.22. The van der Waals surface area contributed by atoms with E-state index in [-0.39, 0.29) is 17.5 Å². The molecule has 0 amide bonds. The highest BCUT2D eigenvalue weighted by molar-refractivity contribution is 9.10. The van der Waals surface area contributed by atoms with Gasteiger partial charge >= 0.3 is 0 Å². The summed E-state index contributed by atoms with van der Waals surface area (Å²) in [6, 6.07) is 9.39. The summed E-state index contributed by atoms with van der Waals surface area (Å²) in [6.07, 6.45) is 0. The fraction of sp³-hybridized carbons (Fsp3) is 0. The Balaban J connectivity index is 1.99. The summed E-state index contributed by atoms with van der Waals surface area (Å²) >= 11 is 6.31. The second kappa shape index (κ2) is 5.57. The van der Waals surface area contributed by atoms with Crippen LogP contribution in [0.5, 0.6) is 5.75 Å². The normalized spacial score (nSPS) is 10.8. The summed E-state index contributed by atoms with van der Waals surface area (Å²) in [6.45, 7) is 0. The number of halogens is 3. The lowest BCUT2D eigenvalue weighted by atomic mass is 10.2. The Hall–Kier alpha value is -1.73. The zero-order valence-corrected chi connectivity index (χ0v) is 13.5. The van der Waals surface area contributed by atoms with Gasteiger partial charge in [-0.2, -0.15) is 4.98 Å². The molecular weight excluding hydrogens is 407 g/mol. The van der Waals surface area contributed by atoms with Crippen LogP contribution in [0.25, 0.3) is 22.8 Å². The van der Waals surface area contributed by atoms with Crippen molar-refractivity contribution in [3.8, 4) is 28.6 Å². The molecule has 3 rings (SSSR count). The van der Waals surface area contributed by atoms with Crippen molar-refractivity contribution in [2.75, 3.05) is 0 Å². The van der Waals surface area contributed by atoms with Gasteiger partial charge in [-0.15, -0.1) is 0 Å². The van der Waals surface area contributed by atoms with Gasteiger partial charge in [0.2, 0.25) is 5.82 Å². The van der Waals surface area contributed by atoms with Crippen molar-refractivity contribution in [3.05, 3.63) is 51.2 Å². The number of nitrogens with zero attached hydrogens (tertiary/aromatic N) is 2. The van der Waals surface area contributed by atoms with Crippen LogP contribution in [0.3, 0.4) is 0 Å². The molecule has 3 aromatic rings. The maximum atomic E-state index is 13.2. The lowest BCUT2D eigenvalue weighted by Gasteiger charge is -1.98. The Bertz CT molecular complexity index is 754. The highest BCUT2D eigenvalue weighted by atomic mass is 79.9. The Morgan fingerprint density at radius 2 is 1.76 bits per heavy atom. The van der Waals surface area contributed by atoms with Gasteiger partial charge in [0.15, 0.2) is 0 Å². The SMILES string of the molecule is Oc1cc(-c2nc(-c3ccc(F)c(Br)c3)no2)ccc1Br. The lowest BCUT2D eigenvalue weighted by molar-refractivity contribution is 0.431. The van der Waals surface area contributed by atoms with Crippen LogP contribution in [0.4, 0.5) is 4.39 Å². The van der Waals surface area contributed by atoms with Gasteiger partial charge in [-0.3, -0.25) is 0 Å². The van der Waals surface area contributed by atoms with Gasteiger partial charge < -0.3 is 9.63 Å². The number of aromatic hydroxyl groups is 1. The molecule has 0 aliphatic heterocycles. The molecule has 106 valence electrons. The largest absolute Gasteiger partial charge is 0.507 e. The predicted molar refractivity (Wildman–Crippen MR) is 82.2 cm³/mol. The zero-order valence-electron chi connectivity index (χ0n) is 10.3. The van der Waals surface area contributed by atoms with E-state index in [4.69, 9.17) is 4.52 Å². The molecule has 1 heterocycles. The van der Waals surface area contributed by atoms with Crippen molar-refractivity contribution in [1.29, 1.82) is 0 Å². The minimum Gasteiger partial charge on any atom is -0.507 e. The number of hydrogen-bond acceptors (Lipinski definition) is 4. The van der Waals surface area contributed by atoms with Crippen LogP contribution in [0.2, 0.25) is 0 Å². The van der Waals surface area contributed by atoms with Crippen LogP contribution in [-0.4, -0.2) is 15.2 Å². The van der Waals surface area contributed by atoms with Gasteiger partial charge in [-0.1, -0.05) is 5.16 Å². The van der Waals surface area contributed by atoms with E-state index in [1.165, 1.54) is 12.1 Å². The third-order valence-electron chi connectivity index (χ3n) is 2.80. The zero-order chi connectivity index (χ0) is 15.0. The van der Waals surface area contributed by atoms with Crippen molar-refractivity contribution in [2.45, 2.75) is 0 Å². The molecule has 0 fully saturated rings. The summed E-state index contributed by atoms with van der Waals surface area (Å²) in [5, 5.41) is 13.5. The number of phenols is 1. The summed E-state index contributed by atoms with van der Waals surface area (Å²) < 4.78 is 19.3. The van der Waals surface area contributed by atoms with E-state index in [9.17, 15) is 9.50 Å². The summed E-state index contributed by atoms with van der Waals surface area (Å²) in [5.41, 5.74) is 1.22. The maximum Gasteiger partial charge on any atom is 0.258 e. The highest BCUT2D eigenvalue weighted by Gasteiger charge is 2.13. The fourth-order valence-corrected chi connectivity index (χ4v) is 2.36. The Labute approximate surface area is 135 Å². The monoisotopic (exact) mass is 412 g/mol. The minimum absolute atomic E-state index is 0.0803. The Kier molecular flexibility index (Phi) is 3.77. The first kappa shape index (κ1) is 14.2. The number of benzene rings is 2. The first-order chi connectivity index (χ1) is 10.0. The smallest absolute Gasteiger partial charge is 0.258 e. The Morgan fingerprint density at radius 1 is 1.00 bits per heavy atom. The molecule has 4 nitrogen and oxygen atoms in total. The first-order valence-electron chi connectivity index (χ1n) is 5.82. The lowest BCUT2D eigenvalue weighted by Crippen LogP contribution is -1.84. The van der Waals surface area contributed by atoms with E-state index in [1.807, 2.05) is 0 Å². The van der Waals surface area contributed by atoms with Gasteiger partial charge in [-0.25, -0.2) is 4.39 Å². The van der Waals surface area contributed by atoms with E-state index in [1.54, 1.807) is 24.3 Å². The number of aromatic nitrogens is 2. The molecule has 0 saturated heterocycles. The van der Waals surface area contributed by atoms with Gasteiger partial charge in [0.1, 0.15) is 11.6 Å². The van der Waals surface area contributed by atoms with Crippen LogP contribution in [-0.2, 0) is 0 Å². The molecule has 1 aromatic heterocycles. The van der Waals surface area contributed by atoms with E-state index < -0.39 is 0 Å². The minimum atomic E-state index is -0.361. The average molecular weight is 414 g/mol. The maximum absolute atomic E-state index is 13.2. The van der Waals surface area contributed by atoms with E-state index in [0.717, 1.165) is 0 Å². The van der Waals surface area contributed by atoms with Gasteiger partial charge in [0, 0.05) is 11.1 Å². The van der Waals surface area contributed by atoms with Gasteiger partial charge in [0.25, 0.3) is 5.89 Å². The molecule has 21 heavy (non-hydrogen) atoms. The van der Waals surface area contributed by atoms with Gasteiger partial charge in [-0.05, 0) is 68.3 Å². The van der Waals surface area contributed by atoms with Crippen molar-refractivity contribution in [1.82, 2.24) is 10.1 Å². The molecule has 0 bridgehead atoms. The predicted octanol–water partition coefficient (Wildman–Crippen LogP) is 4.77. The highest BCUT2D eigenvalue weighted by Crippen LogP contribution is 2.30. The van der Waals surface area contributed by atoms with E-state index in [0.29, 0.717) is 25.9 Å². The quantitative estimate of drug-likeness (QED) is 0.657.